The summed E-state index contributed by atoms with van der Waals surface area (Å²) in [5, 5.41) is 3.41. The second-order valence-corrected chi connectivity index (χ2v) is 7.09. The minimum Gasteiger partial charge on any atom is -0.326 e. The van der Waals surface area contributed by atoms with E-state index < -0.39 is 0 Å². The number of nitrogens with one attached hydrogen (secondary N) is 1. The number of aryl methyl sites for hydroxylation is 1. The number of para-hydroxylation sites is 1. The minimum atomic E-state index is -0.176. The molecule has 0 unspecified atom stereocenters. The molecule has 0 radical (unpaired) electrons. The van der Waals surface area contributed by atoms with Gasteiger partial charge in [-0.25, -0.2) is 15.0 Å². The molecular formula is C23H18N6O2. The lowest BCUT2D eigenvalue weighted by molar-refractivity contribution is -0.116. The molecule has 2 aromatic carbocycles. The van der Waals surface area contributed by atoms with Gasteiger partial charge >= 0.3 is 0 Å². The second-order valence-electron chi connectivity index (χ2n) is 7.09. The topological polar surface area (TPSA) is 94.2 Å². The number of carbonyl (C=O) groups excluding carboxylic acids is 1. The fourth-order valence-corrected chi connectivity index (χ4v) is 3.40. The third kappa shape index (κ3) is 3.78. The highest BCUT2D eigenvalue weighted by atomic mass is 16.2. The predicted molar refractivity (Wildman–Crippen MR) is 118 cm³/mol. The van der Waals surface area contributed by atoms with Crippen molar-refractivity contribution in [3.63, 3.8) is 0 Å². The van der Waals surface area contributed by atoms with E-state index in [-0.39, 0.29) is 24.4 Å². The molecule has 1 N–H and O–H groups in total. The molecule has 0 aliphatic heterocycles. The Labute approximate surface area is 176 Å². The Morgan fingerprint density at radius 1 is 1.00 bits per heavy atom. The van der Waals surface area contributed by atoms with E-state index in [2.05, 4.69) is 20.3 Å². The van der Waals surface area contributed by atoms with Crippen LogP contribution in [0.15, 0.2) is 84.3 Å². The van der Waals surface area contributed by atoms with Crippen LogP contribution in [0.4, 0.5) is 5.69 Å². The average molecular weight is 410 g/mol. The molecule has 0 spiro atoms. The van der Waals surface area contributed by atoms with Crippen LogP contribution >= 0.6 is 0 Å². The Kier molecular flexibility index (Phi) is 4.72. The van der Waals surface area contributed by atoms with Crippen LogP contribution in [0.1, 0.15) is 6.42 Å². The van der Waals surface area contributed by atoms with Crippen molar-refractivity contribution in [2.45, 2.75) is 13.0 Å². The Bertz CT molecular complexity index is 1420. The van der Waals surface area contributed by atoms with E-state index in [0.717, 1.165) is 11.3 Å². The largest absolute Gasteiger partial charge is 0.326 e. The quantitative estimate of drug-likeness (QED) is 0.480. The lowest BCUT2D eigenvalue weighted by Gasteiger charge is -2.08. The predicted octanol–water partition coefficient (Wildman–Crippen LogP) is 3.14. The van der Waals surface area contributed by atoms with Gasteiger partial charge in [-0.2, -0.15) is 0 Å². The molecule has 0 atom stereocenters. The molecule has 8 heteroatoms. The van der Waals surface area contributed by atoms with Crippen molar-refractivity contribution in [1.29, 1.82) is 0 Å². The molecule has 5 rings (SSSR count). The lowest BCUT2D eigenvalue weighted by atomic mass is 10.1. The van der Waals surface area contributed by atoms with Gasteiger partial charge in [0, 0.05) is 42.8 Å². The van der Waals surface area contributed by atoms with E-state index in [1.807, 2.05) is 53.2 Å². The summed E-state index contributed by atoms with van der Waals surface area (Å²) in [6.07, 6.45) is 7.15. The Morgan fingerprint density at radius 3 is 2.68 bits per heavy atom. The van der Waals surface area contributed by atoms with Gasteiger partial charge in [0.1, 0.15) is 0 Å². The Balaban J connectivity index is 1.24. The average Bonchev–Trinajstić information content (AvgIpc) is 3.24. The number of nitrogens with zero attached hydrogens (tertiary/aromatic N) is 5. The highest BCUT2D eigenvalue weighted by Gasteiger charge is 2.08. The number of rotatable bonds is 5. The van der Waals surface area contributed by atoms with Gasteiger partial charge in [-0.15, -0.1) is 0 Å². The fourth-order valence-electron chi connectivity index (χ4n) is 3.40. The highest BCUT2D eigenvalue weighted by Crippen LogP contribution is 2.21. The van der Waals surface area contributed by atoms with Crippen LogP contribution in [0.3, 0.4) is 0 Å². The SMILES string of the molecule is O=C(CCn1cnc2ccccc2c1=O)Nc1ccc(-c2cn3cccnc3n2)cc1. The molecule has 0 aliphatic rings. The zero-order valence-corrected chi connectivity index (χ0v) is 16.5. The Hall–Kier alpha value is -4.33. The first-order chi connectivity index (χ1) is 15.2. The second kappa shape index (κ2) is 7.83. The van der Waals surface area contributed by atoms with Gasteiger partial charge in [-0.05, 0) is 30.3 Å². The van der Waals surface area contributed by atoms with Crippen molar-refractivity contribution in [3.8, 4) is 11.3 Å². The normalized spacial score (nSPS) is 11.1. The molecule has 0 saturated carbocycles. The van der Waals surface area contributed by atoms with E-state index in [1.54, 1.807) is 24.4 Å². The third-order valence-electron chi connectivity index (χ3n) is 5.01. The van der Waals surface area contributed by atoms with Gasteiger partial charge in [-0.3, -0.25) is 18.6 Å². The summed E-state index contributed by atoms with van der Waals surface area (Å²) < 4.78 is 3.32. The van der Waals surface area contributed by atoms with Crippen molar-refractivity contribution in [2.75, 3.05) is 5.32 Å². The van der Waals surface area contributed by atoms with E-state index in [9.17, 15) is 9.59 Å². The van der Waals surface area contributed by atoms with Gasteiger partial charge in [0.05, 0.1) is 22.9 Å². The van der Waals surface area contributed by atoms with Crippen molar-refractivity contribution >= 4 is 28.3 Å². The summed E-state index contributed by atoms with van der Waals surface area (Å²) in [6, 6.07) is 16.5. The number of carbonyl (C=O) groups is 1. The first kappa shape index (κ1) is 18.7. The standard InChI is InChI=1S/C23H18N6O2/c30-21(10-13-29-15-25-19-5-2-1-4-18(19)22(29)31)26-17-8-6-16(7-9-17)20-14-28-12-3-11-24-23(28)27-20/h1-9,11-12,14-15H,10,13H2,(H,26,30). The van der Waals surface area contributed by atoms with E-state index in [0.29, 0.717) is 22.4 Å². The molecule has 0 bridgehead atoms. The molecule has 0 aliphatic carbocycles. The van der Waals surface area contributed by atoms with Gasteiger partial charge in [0.2, 0.25) is 11.7 Å². The van der Waals surface area contributed by atoms with E-state index in [4.69, 9.17) is 0 Å². The smallest absolute Gasteiger partial charge is 0.261 e. The molecule has 152 valence electrons. The highest BCUT2D eigenvalue weighted by molar-refractivity contribution is 5.91. The molecule has 0 fully saturated rings. The van der Waals surface area contributed by atoms with Crippen LogP contribution in [0.25, 0.3) is 27.9 Å². The van der Waals surface area contributed by atoms with Gasteiger partial charge in [-0.1, -0.05) is 24.3 Å². The first-order valence-electron chi connectivity index (χ1n) is 9.81. The molecule has 3 aromatic heterocycles. The van der Waals surface area contributed by atoms with Crippen LogP contribution in [-0.2, 0) is 11.3 Å². The van der Waals surface area contributed by atoms with Crippen LogP contribution in [0, 0.1) is 0 Å². The summed E-state index contributed by atoms with van der Waals surface area (Å²) >= 11 is 0. The number of amides is 1. The number of hydrogen-bond donors (Lipinski definition) is 1. The molecule has 8 nitrogen and oxygen atoms in total. The van der Waals surface area contributed by atoms with E-state index >= 15 is 0 Å². The zero-order valence-electron chi connectivity index (χ0n) is 16.5. The maximum absolute atomic E-state index is 12.5. The van der Waals surface area contributed by atoms with Crippen molar-refractivity contribution in [3.05, 3.63) is 89.9 Å². The summed E-state index contributed by atoms with van der Waals surface area (Å²) in [5.41, 5.74) is 2.91. The number of benzene rings is 2. The maximum atomic E-state index is 12.5. The first-order valence-corrected chi connectivity index (χ1v) is 9.81. The summed E-state index contributed by atoms with van der Waals surface area (Å²) in [7, 11) is 0. The van der Waals surface area contributed by atoms with Crippen molar-refractivity contribution in [1.82, 2.24) is 23.9 Å². The van der Waals surface area contributed by atoms with Crippen LogP contribution in [-0.4, -0.2) is 29.8 Å². The number of imidazole rings is 1. The number of fused-ring (bicyclic) bond motifs is 2. The van der Waals surface area contributed by atoms with Gasteiger partial charge in [0.15, 0.2) is 0 Å². The Morgan fingerprint density at radius 2 is 1.84 bits per heavy atom. The van der Waals surface area contributed by atoms with E-state index in [1.165, 1.54) is 10.9 Å². The van der Waals surface area contributed by atoms with Gasteiger partial charge in [0.25, 0.3) is 5.56 Å². The summed E-state index contributed by atoms with van der Waals surface area (Å²) in [5.74, 6) is 0.457. The van der Waals surface area contributed by atoms with Crippen molar-refractivity contribution < 1.29 is 4.79 Å². The maximum Gasteiger partial charge on any atom is 0.261 e. The zero-order chi connectivity index (χ0) is 21.2. The number of hydrogen-bond acceptors (Lipinski definition) is 5. The third-order valence-corrected chi connectivity index (χ3v) is 5.01. The monoisotopic (exact) mass is 410 g/mol. The van der Waals surface area contributed by atoms with Crippen molar-refractivity contribution in [2.24, 2.45) is 0 Å². The lowest BCUT2D eigenvalue weighted by Crippen LogP contribution is -2.23. The molecule has 31 heavy (non-hydrogen) atoms. The number of aromatic nitrogens is 5. The molecule has 0 saturated heterocycles. The molecular weight excluding hydrogens is 392 g/mol. The fraction of sp³-hybridized carbons (Fsp3) is 0.0870. The summed E-state index contributed by atoms with van der Waals surface area (Å²) in [6.45, 7) is 0.259. The van der Waals surface area contributed by atoms with Crippen LogP contribution in [0.5, 0.6) is 0 Å². The van der Waals surface area contributed by atoms with Crippen LogP contribution in [0.2, 0.25) is 0 Å². The number of anilines is 1. The molecule has 5 aromatic rings. The minimum absolute atomic E-state index is 0.148. The van der Waals surface area contributed by atoms with Crippen LogP contribution < -0.4 is 10.9 Å². The molecule has 1 amide bonds. The van der Waals surface area contributed by atoms with Gasteiger partial charge < -0.3 is 5.32 Å². The summed E-state index contributed by atoms with van der Waals surface area (Å²) in [4.78, 5) is 37.9. The molecule has 3 heterocycles.